The van der Waals surface area contributed by atoms with Crippen LogP contribution in [0.4, 0.5) is 4.79 Å². The molecule has 1 saturated heterocycles. The summed E-state index contributed by atoms with van der Waals surface area (Å²) < 4.78 is 12.2. The number of ether oxygens (including phenoxy) is 2. The van der Waals surface area contributed by atoms with Gasteiger partial charge >= 0.3 is 6.09 Å². The van der Waals surface area contributed by atoms with E-state index in [1.807, 2.05) is 82.0 Å². The van der Waals surface area contributed by atoms with Gasteiger partial charge in [0, 0.05) is 43.7 Å². The summed E-state index contributed by atoms with van der Waals surface area (Å²) in [7, 11) is 0. The maximum Gasteiger partial charge on any atom is 0.410 e. The standard InChI is InChI=1S/C30H38N2O4/c1-6-31(7-2)27(33)23-15-13-22(14-16-23)25-21-30(35-26-12-9-8-11-24(25)26)17-10-19-32(20-18-30)28(34)36-29(3,4)5/h8-9,11-16,21H,6-7,10,17-20H2,1-5H3. The minimum Gasteiger partial charge on any atom is -0.482 e. The van der Waals surface area contributed by atoms with Crippen LogP contribution in [-0.4, -0.2) is 59.2 Å². The number of fused-ring (bicyclic) bond motifs is 1. The highest BCUT2D eigenvalue weighted by Crippen LogP contribution is 2.43. The fourth-order valence-corrected chi connectivity index (χ4v) is 4.98. The third-order valence-electron chi connectivity index (χ3n) is 6.88. The number of likely N-dealkylation sites (tertiary alicyclic amines) is 1. The molecular formula is C30H38N2O4. The van der Waals surface area contributed by atoms with Crippen LogP contribution in [0.15, 0.2) is 54.6 Å². The summed E-state index contributed by atoms with van der Waals surface area (Å²) in [6.45, 7) is 12.3. The van der Waals surface area contributed by atoms with Crippen molar-refractivity contribution in [3.8, 4) is 5.75 Å². The lowest BCUT2D eigenvalue weighted by Crippen LogP contribution is -2.40. The van der Waals surface area contributed by atoms with Crippen LogP contribution in [0.5, 0.6) is 5.75 Å². The van der Waals surface area contributed by atoms with Crippen molar-refractivity contribution in [2.75, 3.05) is 26.2 Å². The van der Waals surface area contributed by atoms with E-state index >= 15 is 0 Å². The van der Waals surface area contributed by atoms with Crippen LogP contribution < -0.4 is 4.74 Å². The van der Waals surface area contributed by atoms with Crippen LogP contribution in [0.2, 0.25) is 0 Å². The number of carbonyl (C=O) groups is 2. The summed E-state index contributed by atoms with van der Waals surface area (Å²) in [6.07, 6.45) is 4.27. The molecule has 6 heteroatoms. The zero-order chi connectivity index (χ0) is 25.9. The summed E-state index contributed by atoms with van der Waals surface area (Å²) in [6, 6.07) is 16.0. The molecule has 1 atom stereocenters. The second-order valence-electron chi connectivity index (χ2n) is 10.6. The lowest BCUT2D eigenvalue weighted by atomic mass is 9.84. The van der Waals surface area contributed by atoms with Crippen molar-refractivity contribution >= 4 is 17.6 Å². The summed E-state index contributed by atoms with van der Waals surface area (Å²) in [5, 5.41) is 0. The SMILES string of the molecule is CCN(CC)C(=O)c1ccc(C2=CC3(CCCN(C(=O)OC(C)(C)C)CC3)Oc3ccccc32)cc1. The molecule has 2 heterocycles. The number of hydrogen-bond donors (Lipinski definition) is 0. The number of hydrogen-bond acceptors (Lipinski definition) is 4. The lowest BCUT2D eigenvalue weighted by Gasteiger charge is -2.36. The Hall–Kier alpha value is -3.28. The van der Waals surface area contributed by atoms with Crippen LogP contribution in [-0.2, 0) is 4.74 Å². The molecule has 6 nitrogen and oxygen atoms in total. The van der Waals surface area contributed by atoms with E-state index in [1.54, 1.807) is 4.90 Å². The van der Waals surface area contributed by atoms with Crippen molar-refractivity contribution in [3.05, 3.63) is 71.3 Å². The molecular weight excluding hydrogens is 452 g/mol. The second-order valence-corrected chi connectivity index (χ2v) is 10.6. The Kier molecular flexibility index (Phi) is 7.43. The van der Waals surface area contributed by atoms with E-state index < -0.39 is 11.2 Å². The van der Waals surface area contributed by atoms with Gasteiger partial charge in [0.15, 0.2) is 0 Å². The monoisotopic (exact) mass is 490 g/mol. The molecule has 2 amide bonds. The molecule has 2 aliphatic rings. The molecule has 2 aliphatic heterocycles. The van der Waals surface area contributed by atoms with Gasteiger partial charge in [0.05, 0.1) is 0 Å². The first-order valence-electron chi connectivity index (χ1n) is 13.0. The van der Waals surface area contributed by atoms with Crippen molar-refractivity contribution < 1.29 is 19.1 Å². The molecule has 0 aromatic heterocycles. The van der Waals surface area contributed by atoms with E-state index in [0.29, 0.717) is 38.2 Å². The van der Waals surface area contributed by atoms with Crippen molar-refractivity contribution in [1.82, 2.24) is 9.80 Å². The number of nitrogens with zero attached hydrogens (tertiary/aromatic N) is 2. The van der Waals surface area contributed by atoms with Crippen molar-refractivity contribution in [1.29, 1.82) is 0 Å². The number of rotatable bonds is 4. The quantitative estimate of drug-likeness (QED) is 0.516. The van der Waals surface area contributed by atoms with Crippen LogP contribution in [0, 0.1) is 0 Å². The van der Waals surface area contributed by atoms with E-state index in [9.17, 15) is 9.59 Å². The smallest absolute Gasteiger partial charge is 0.410 e. The van der Waals surface area contributed by atoms with Crippen molar-refractivity contribution in [2.45, 2.75) is 65.1 Å². The molecule has 2 aromatic rings. The molecule has 0 aliphatic carbocycles. The molecule has 0 radical (unpaired) electrons. The molecule has 1 fully saturated rings. The Morgan fingerprint density at radius 1 is 1.00 bits per heavy atom. The van der Waals surface area contributed by atoms with Gasteiger partial charge in [0.1, 0.15) is 17.0 Å². The van der Waals surface area contributed by atoms with E-state index in [0.717, 1.165) is 35.3 Å². The first-order valence-corrected chi connectivity index (χ1v) is 13.0. The Morgan fingerprint density at radius 3 is 2.36 bits per heavy atom. The average molecular weight is 491 g/mol. The fraction of sp³-hybridized carbons (Fsp3) is 0.467. The van der Waals surface area contributed by atoms with E-state index in [4.69, 9.17) is 9.47 Å². The van der Waals surface area contributed by atoms with Gasteiger partial charge in [-0.1, -0.05) is 30.3 Å². The number of amides is 2. The van der Waals surface area contributed by atoms with E-state index in [-0.39, 0.29) is 12.0 Å². The molecule has 36 heavy (non-hydrogen) atoms. The van der Waals surface area contributed by atoms with Crippen LogP contribution in [0.25, 0.3) is 5.57 Å². The fourth-order valence-electron chi connectivity index (χ4n) is 4.98. The molecule has 2 aromatic carbocycles. The molecule has 4 rings (SSSR count). The van der Waals surface area contributed by atoms with Gasteiger partial charge in [0.25, 0.3) is 5.91 Å². The lowest BCUT2D eigenvalue weighted by molar-refractivity contribution is 0.0243. The third-order valence-corrected chi connectivity index (χ3v) is 6.88. The highest BCUT2D eigenvalue weighted by atomic mass is 16.6. The highest BCUT2D eigenvalue weighted by molar-refractivity contribution is 5.95. The predicted molar refractivity (Wildman–Crippen MR) is 142 cm³/mol. The maximum absolute atomic E-state index is 12.8. The van der Waals surface area contributed by atoms with Gasteiger partial charge in [-0.25, -0.2) is 4.79 Å². The minimum atomic E-state index is -0.521. The van der Waals surface area contributed by atoms with Crippen molar-refractivity contribution in [3.63, 3.8) is 0 Å². The second kappa shape index (κ2) is 10.4. The Balaban J connectivity index is 1.63. The molecule has 0 N–H and O–H groups in total. The van der Waals surface area contributed by atoms with E-state index in [1.165, 1.54) is 0 Å². The molecule has 0 saturated carbocycles. The van der Waals surface area contributed by atoms with Gasteiger partial charge in [0.2, 0.25) is 0 Å². The summed E-state index contributed by atoms with van der Waals surface area (Å²) in [4.78, 5) is 29.1. The Bertz CT molecular complexity index is 1130. The van der Waals surface area contributed by atoms with Crippen LogP contribution >= 0.6 is 0 Å². The van der Waals surface area contributed by atoms with Gasteiger partial charge < -0.3 is 19.3 Å². The van der Waals surface area contributed by atoms with Crippen molar-refractivity contribution in [2.24, 2.45) is 0 Å². The van der Waals surface area contributed by atoms with Gasteiger partial charge in [-0.3, -0.25) is 4.79 Å². The number of benzene rings is 2. The highest BCUT2D eigenvalue weighted by Gasteiger charge is 2.38. The minimum absolute atomic E-state index is 0.0513. The summed E-state index contributed by atoms with van der Waals surface area (Å²) >= 11 is 0. The summed E-state index contributed by atoms with van der Waals surface area (Å²) in [5.74, 6) is 0.902. The Labute approximate surface area is 214 Å². The third kappa shape index (κ3) is 5.58. The van der Waals surface area contributed by atoms with Gasteiger partial charge in [-0.05, 0) is 82.9 Å². The summed E-state index contributed by atoms with van der Waals surface area (Å²) in [5.41, 5.74) is 2.86. The topological polar surface area (TPSA) is 59.1 Å². The number of para-hydroxylation sites is 1. The zero-order valence-corrected chi connectivity index (χ0v) is 22.2. The maximum atomic E-state index is 12.8. The Morgan fingerprint density at radius 2 is 1.69 bits per heavy atom. The van der Waals surface area contributed by atoms with Crippen LogP contribution in [0.1, 0.15) is 75.4 Å². The molecule has 0 bridgehead atoms. The van der Waals surface area contributed by atoms with Gasteiger partial charge in [-0.2, -0.15) is 0 Å². The van der Waals surface area contributed by atoms with E-state index in [2.05, 4.69) is 12.1 Å². The molecule has 1 spiro atoms. The van der Waals surface area contributed by atoms with Crippen LogP contribution in [0.3, 0.4) is 0 Å². The van der Waals surface area contributed by atoms with Gasteiger partial charge in [-0.15, -0.1) is 0 Å². The molecule has 1 unspecified atom stereocenters. The predicted octanol–water partition coefficient (Wildman–Crippen LogP) is 6.15. The number of carbonyl (C=O) groups excluding carboxylic acids is 2. The molecule has 192 valence electrons. The average Bonchev–Trinajstić information content (AvgIpc) is 3.06. The zero-order valence-electron chi connectivity index (χ0n) is 22.2. The normalized spacial score (nSPS) is 19.6. The first-order chi connectivity index (χ1) is 17.1. The first kappa shape index (κ1) is 25.8. The largest absolute Gasteiger partial charge is 0.482 e.